The molecule has 1 heterocycles. The normalized spacial score (nSPS) is 21.1. The Labute approximate surface area is 91.4 Å². The summed E-state index contributed by atoms with van der Waals surface area (Å²) in [6.07, 6.45) is 1.64. The average Bonchev–Trinajstić information content (AvgIpc) is 2.71. The highest BCUT2D eigenvalue weighted by Gasteiger charge is 2.24. The van der Waals surface area contributed by atoms with E-state index in [-0.39, 0.29) is 11.9 Å². The zero-order chi connectivity index (χ0) is 9.97. The van der Waals surface area contributed by atoms with Gasteiger partial charge in [0, 0.05) is 16.6 Å². The first-order valence-electron chi connectivity index (χ1n) is 4.69. The van der Waals surface area contributed by atoms with Gasteiger partial charge in [0.25, 0.3) is 0 Å². The van der Waals surface area contributed by atoms with Gasteiger partial charge in [0.05, 0.1) is 0 Å². The summed E-state index contributed by atoms with van der Waals surface area (Å²) in [5.41, 5.74) is 0.736. The molecule has 1 aromatic rings. The lowest BCUT2D eigenvalue weighted by Crippen LogP contribution is -2.19. The van der Waals surface area contributed by atoms with Crippen LogP contribution in [0.15, 0.2) is 28.7 Å². The molecule has 0 spiro atoms. The zero-order valence-corrected chi connectivity index (χ0v) is 9.29. The van der Waals surface area contributed by atoms with Crippen LogP contribution in [0.1, 0.15) is 23.2 Å². The highest BCUT2D eigenvalue weighted by molar-refractivity contribution is 9.10. The van der Waals surface area contributed by atoms with E-state index in [2.05, 4.69) is 15.9 Å². The number of carbonyl (C=O) groups excluding carboxylic acids is 1. The van der Waals surface area contributed by atoms with Crippen LogP contribution in [0.3, 0.4) is 0 Å². The SMILES string of the molecule is O=C(c1ccc(Br)cc1)C1CCCO1. The number of hydrogen-bond donors (Lipinski definition) is 0. The van der Waals surface area contributed by atoms with Crippen LogP contribution in [0.5, 0.6) is 0 Å². The molecule has 0 radical (unpaired) electrons. The van der Waals surface area contributed by atoms with Gasteiger partial charge in [-0.3, -0.25) is 4.79 Å². The van der Waals surface area contributed by atoms with Crippen molar-refractivity contribution >= 4 is 21.7 Å². The van der Waals surface area contributed by atoms with E-state index >= 15 is 0 Å². The lowest BCUT2D eigenvalue weighted by atomic mass is 10.0. The summed E-state index contributed by atoms with van der Waals surface area (Å²) in [6.45, 7) is 0.715. The van der Waals surface area contributed by atoms with E-state index in [9.17, 15) is 4.79 Å². The fraction of sp³-hybridized carbons (Fsp3) is 0.364. The second-order valence-corrected chi connectivity index (χ2v) is 4.29. The van der Waals surface area contributed by atoms with Crippen molar-refractivity contribution in [2.75, 3.05) is 6.61 Å². The van der Waals surface area contributed by atoms with Gasteiger partial charge in [0.2, 0.25) is 0 Å². The van der Waals surface area contributed by atoms with E-state index in [4.69, 9.17) is 4.74 Å². The molecule has 74 valence electrons. The van der Waals surface area contributed by atoms with Gasteiger partial charge < -0.3 is 4.74 Å². The third-order valence-corrected chi connectivity index (χ3v) is 2.88. The van der Waals surface area contributed by atoms with Crippen LogP contribution in [0.2, 0.25) is 0 Å². The Bertz CT molecular complexity index is 326. The van der Waals surface area contributed by atoms with Crippen molar-refractivity contribution in [3.8, 4) is 0 Å². The molecule has 0 N–H and O–H groups in total. The molecule has 2 rings (SSSR count). The first-order chi connectivity index (χ1) is 6.77. The van der Waals surface area contributed by atoms with E-state index in [1.165, 1.54) is 0 Å². The Morgan fingerprint density at radius 2 is 2.07 bits per heavy atom. The van der Waals surface area contributed by atoms with Crippen LogP contribution < -0.4 is 0 Å². The predicted octanol–water partition coefficient (Wildman–Crippen LogP) is 2.81. The summed E-state index contributed by atoms with van der Waals surface area (Å²) in [5, 5.41) is 0. The zero-order valence-electron chi connectivity index (χ0n) is 7.70. The Kier molecular flexibility index (Phi) is 2.99. The van der Waals surface area contributed by atoms with Crippen molar-refractivity contribution in [2.24, 2.45) is 0 Å². The molecule has 0 saturated carbocycles. The molecular weight excluding hydrogens is 244 g/mol. The van der Waals surface area contributed by atoms with Crippen molar-refractivity contribution in [2.45, 2.75) is 18.9 Å². The number of benzene rings is 1. The minimum absolute atomic E-state index is 0.106. The molecule has 1 aliphatic heterocycles. The third kappa shape index (κ3) is 2.04. The Hall–Kier alpha value is -0.670. The summed E-state index contributed by atoms with van der Waals surface area (Å²) >= 11 is 3.34. The van der Waals surface area contributed by atoms with Crippen molar-refractivity contribution in [1.82, 2.24) is 0 Å². The van der Waals surface area contributed by atoms with E-state index in [1.807, 2.05) is 24.3 Å². The van der Waals surface area contributed by atoms with Crippen molar-refractivity contribution < 1.29 is 9.53 Å². The van der Waals surface area contributed by atoms with Crippen molar-refractivity contribution in [1.29, 1.82) is 0 Å². The molecule has 1 aliphatic rings. The summed E-state index contributed by atoms with van der Waals surface area (Å²) in [5.74, 6) is 0.106. The van der Waals surface area contributed by atoms with Crippen LogP contribution in [0.4, 0.5) is 0 Å². The van der Waals surface area contributed by atoms with E-state index < -0.39 is 0 Å². The molecule has 1 atom stereocenters. The summed E-state index contributed by atoms with van der Waals surface area (Å²) < 4.78 is 6.33. The van der Waals surface area contributed by atoms with Gasteiger partial charge in [0.1, 0.15) is 6.10 Å². The predicted molar refractivity (Wildman–Crippen MR) is 57.4 cm³/mol. The van der Waals surface area contributed by atoms with Crippen LogP contribution in [-0.4, -0.2) is 18.5 Å². The highest BCUT2D eigenvalue weighted by atomic mass is 79.9. The molecule has 2 nitrogen and oxygen atoms in total. The van der Waals surface area contributed by atoms with Crippen LogP contribution >= 0.6 is 15.9 Å². The standard InChI is InChI=1S/C11H11BrO2/c12-9-5-3-8(4-6-9)11(13)10-2-1-7-14-10/h3-6,10H,1-2,7H2. The van der Waals surface area contributed by atoms with Gasteiger partial charge in [-0.05, 0) is 25.0 Å². The molecule has 1 unspecified atom stereocenters. The van der Waals surface area contributed by atoms with Crippen LogP contribution in [0.25, 0.3) is 0 Å². The number of ether oxygens (including phenoxy) is 1. The fourth-order valence-electron chi connectivity index (χ4n) is 1.58. The highest BCUT2D eigenvalue weighted by Crippen LogP contribution is 2.18. The molecule has 3 heteroatoms. The van der Waals surface area contributed by atoms with E-state index in [1.54, 1.807) is 0 Å². The van der Waals surface area contributed by atoms with Gasteiger partial charge >= 0.3 is 0 Å². The van der Waals surface area contributed by atoms with Gasteiger partial charge in [-0.25, -0.2) is 0 Å². The lowest BCUT2D eigenvalue weighted by Gasteiger charge is -2.07. The second-order valence-electron chi connectivity index (χ2n) is 3.37. The number of Topliss-reactive ketones (excluding diaryl/α,β-unsaturated/α-hetero) is 1. The molecule has 0 aromatic heterocycles. The molecule has 0 amide bonds. The van der Waals surface area contributed by atoms with Crippen LogP contribution in [-0.2, 0) is 4.74 Å². The molecule has 0 bridgehead atoms. The molecule has 0 aliphatic carbocycles. The largest absolute Gasteiger partial charge is 0.370 e. The summed E-state index contributed by atoms with van der Waals surface area (Å²) in [6, 6.07) is 7.41. The number of halogens is 1. The van der Waals surface area contributed by atoms with Crippen molar-refractivity contribution in [3.63, 3.8) is 0 Å². The first kappa shape index (κ1) is 9.87. The van der Waals surface area contributed by atoms with Gasteiger partial charge in [-0.15, -0.1) is 0 Å². The van der Waals surface area contributed by atoms with E-state index in [0.717, 1.165) is 22.9 Å². The maximum absolute atomic E-state index is 11.8. The van der Waals surface area contributed by atoms with Crippen molar-refractivity contribution in [3.05, 3.63) is 34.3 Å². The minimum Gasteiger partial charge on any atom is -0.370 e. The fourth-order valence-corrected chi connectivity index (χ4v) is 1.85. The maximum Gasteiger partial charge on any atom is 0.191 e. The maximum atomic E-state index is 11.8. The number of ketones is 1. The Balaban J connectivity index is 2.14. The summed E-state index contributed by atoms with van der Waals surface area (Å²) in [7, 11) is 0. The van der Waals surface area contributed by atoms with Gasteiger partial charge in [-0.2, -0.15) is 0 Å². The molecule has 14 heavy (non-hydrogen) atoms. The quantitative estimate of drug-likeness (QED) is 0.759. The average molecular weight is 255 g/mol. The number of carbonyl (C=O) groups is 1. The molecule has 1 saturated heterocycles. The molecular formula is C11H11BrO2. The second kappa shape index (κ2) is 4.24. The Morgan fingerprint density at radius 3 is 2.64 bits per heavy atom. The molecule has 1 aromatic carbocycles. The topological polar surface area (TPSA) is 26.3 Å². The van der Waals surface area contributed by atoms with Gasteiger partial charge in [-0.1, -0.05) is 28.1 Å². The van der Waals surface area contributed by atoms with E-state index in [0.29, 0.717) is 6.61 Å². The lowest BCUT2D eigenvalue weighted by molar-refractivity contribution is 0.0643. The van der Waals surface area contributed by atoms with Crippen LogP contribution in [0, 0.1) is 0 Å². The summed E-state index contributed by atoms with van der Waals surface area (Å²) in [4.78, 5) is 11.8. The number of rotatable bonds is 2. The van der Waals surface area contributed by atoms with Gasteiger partial charge in [0.15, 0.2) is 5.78 Å². The Morgan fingerprint density at radius 1 is 1.36 bits per heavy atom. The minimum atomic E-state index is -0.212. The third-order valence-electron chi connectivity index (χ3n) is 2.35. The number of hydrogen-bond acceptors (Lipinski definition) is 2. The monoisotopic (exact) mass is 254 g/mol. The smallest absolute Gasteiger partial charge is 0.191 e. The molecule has 1 fully saturated rings. The first-order valence-corrected chi connectivity index (χ1v) is 5.48.